The van der Waals surface area contributed by atoms with E-state index < -0.39 is 31.7 Å². The van der Waals surface area contributed by atoms with Gasteiger partial charge in [0.05, 0.1) is 64.8 Å². The van der Waals surface area contributed by atoms with Crippen molar-refractivity contribution in [1.29, 1.82) is 0 Å². The molecular weight excluding hydrogens is 706 g/mol. The topological polar surface area (TPSA) is 130 Å². The molecule has 16 heteroatoms. The molecular formula is C29H33Cl4N4O6S2-. The number of fused-ring (bicyclic) bond motifs is 2. The smallest absolute Gasteiger partial charge is 0.282 e. The molecule has 1 aliphatic rings. The summed E-state index contributed by atoms with van der Waals surface area (Å²) >= 11 is 25.5. The highest BCUT2D eigenvalue weighted by atomic mass is 35.5. The molecule has 246 valence electrons. The van der Waals surface area contributed by atoms with Crippen LogP contribution in [0.2, 0.25) is 20.1 Å². The molecule has 1 aliphatic heterocycles. The fourth-order valence-corrected chi connectivity index (χ4v) is 7.06. The predicted octanol–water partition coefficient (Wildman–Crippen LogP) is 6.41. The van der Waals surface area contributed by atoms with Gasteiger partial charge >= 0.3 is 0 Å². The first-order chi connectivity index (χ1) is 21.1. The third-order valence-corrected chi connectivity index (χ3v) is 10.3. The monoisotopic (exact) mass is 737 g/mol. The maximum Gasteiger partial charge on any atom is 0.282 e. The predicted molar refractivity (Wildman–Crippen MR) is 179 cm³/mol. The van der Waals surface area contributed by atoms with Crippen LogP contribution >= 0.6 is 46.4 Å². The zero-order valence-electron chi connectivity index (χ0n) is 24.7. The summed E-state index contributed by atoms with van der Waals surface area (Å²) in [7, 11) is -8.81. The third-order valence-electron chi connectivity index (χ3n) is 7.24. The molecule has 0 saturated heterocycles. The van der Waals surface area contributed by atoms with Crippen LogP contribution in [0.25, 0.3) is 17.1 Å². The number of hydrogen-bond donors (Lipinski definition) is 0. The first-order valence-corrected chi connectivity index (χ1v) is 19.0. The Bertz CT molecular complexity index is 1860. The van der Waals surface area contributed by atoms with Gasteiger partial charge in [0, 0.05) is 42.8 Å². The number of aryl methyl sites for hydroxylation is 2. The summed E-state index contributed by atoms with van der Waals surface area (Å²) < 4.78 is 72.2. The number of hydrogen-bond acceptors (Lipinski definition) is 8. The van der Waals surface area contributed by atoms with Gasteiger partial charge in [0.25, 0.3) is 5.82 Å². The molecule has 0 aliphatic carbocycles. The minimum Gasteiger partial charge on any atom is -0.748 e. The number of rotatable bonds is 14. The summed E-state index contributed by atoms with van der Waals surface area (Å²) in [6.45, 7) is 5.78. The normalized spacial score (nSPS) is 14.9. The van der Waals surface area contributed by atoms with Crippen LogP contribution in [0.15, 0.2) is 42.2 Å². The molecule has 0 fully saturated rings. The lowest BCUT2D eigenvalue weighted by Gasteiger charge is -2.25. The van der Waals surface area contributed by atoms with Gasteiger partial charge in [-0.25, -0.2) is 26.0 Å². The second-order valence-corrected chi connectivity index (χ2v) is 15.3. The van der Waals surface area contributed by atoms with Crippen molar-refractivity contribution in [2.75, 3.05) is 34.4 Å². The highest BCUT2D eigenvalue weighted by molar-refractivity contribution is 7.85. The van der Waals surface area contributed by atoms with E-state index in [0.717, 1.165) is 46.9 Å². The van der Waals surface area contributed by atoms with Crippen LogP contribution < -0.4 is 14.4 Å². The Hall–Kier alpha value is -2.03. The van der Waals surface area contributed by atoms with Crippen LogP contribution in [0.3, 0.4) is 0 Å². The lowest BCUT2D eigenvalue weighted by molar-refractivity contribution is -0.674. The number of anilines is 2. The quantitative estimate of drug-likeness (QED) is 0.137. The third kappa shape index (κ3) is 8.66. The van der Waals surface area contributed by atoms with Gasteiger partial charge in [-0.2, -0.15) is 0 Å². The molecule has 1 aromatic heterocycles. The van der Waals surface area contributed by atoms with Crippen molar-refractivity contribution in [3.63, 3.8) is 0 Å². The van der Waals surface area contributed by atoms with Gasteiger partial charge < -0.3 is 18.9 Å². The van der Waals surface area contributed by atoms with E-state index in [1.165, 1.54) is 0 Å². The van der Waals surface area contributed by atoms with Crippen molar-refractivity contribution < 1.29 is 30.5 Å². The Morgan fingerprint density at radius 2 is 1.29 bits per heavy atom. The number of aromatic nitrogens is 2. The van der Waals surface area contributed by atoms with Crippen molar-refractivity contribution in [2.24, 2.45) is 0 Å². The Kier molecular flexibility index (Phi) is 11.8. The van der Waals surface area contributed by atoms with E-state index in [1.54, 1.807) is 24.3 Å². The molecule has 3 aromatic rings. The van der Waals surface area contributed by atoms with Crippen LogP contribution in [-0.2, 0) is 33.3 Å². The first-order valence-electron chi connectivity index (χ1n) is 14.4. The van der Waals surface area contributed by atoms with Crippen molar-refractivity contribution in [1.82, 2.24) is 4.57 Å². The molecule has 45 heavy (non-hydrogen) atoms. The largest absolute Gasteiger partial charge is 0.748 e. The van der Waals surface area contributed by atoms with Gasteiger partial charge in [-0.3, -0.25) is 0 Å². The average molecular weight is 740 g/mol. The summed E-state index contributed by atoms with van der Waals surface area (Å²) in [6.07, 6.45) is 7.38. The van der Waals surface area contributed by atoms with E-state index in [4.69, 9.17) is 46.4 Å². The van der Waals surface area contributed by atoms with Crippen molar-refractivity contribution in [3.8, 4) is 0 Å². The van der Waals surface area contributed by atoms with Gasteiger partial charge in [-0.1, -0.05) is 66.3 Å². The second kappa shape index (κ2) is 14.8. The van der Waals surface area contributed by atoms with Crippen LogP contribution in [0.4, 0.5) is 11.4 Å². The maximum atomic E-state index is 11.4. The second-order valence-electron chi connectivity index (χ2n) is 10.6. The molecule has 0 radical (unpaired) electrons. The molecule has 2 aromatic carbocycles. The molecule has 0 atom stereocenters. The lowest BCUT2D eigenvalue weighted by atomic mass is 10.2. The van der Waals surface area contributed by atoms with Crippen molar-refractivity contribution in [2.45, 2.75) is 52.6 Å². The molecule has 0 spiro atoms. The van der Waals surface area contributed by atoms with E-state index in [-0.39, 0.29) is 25.9 Å². The minimum absolute atomic E-state index is 0.0986. The SMILES string of the molecule is CCCN1C(=CC=Cc2n(CCCS(=O)(=O)[O-])c3cc(Cl)c(Cl)cc3[n+]2CCC)N(CCCS(=O)(=O)[O-])c2cc(Cl)c(Cl)cc21. The Labute approximate surface area is 283 Å². The standard InChI is InChI=1S/C29H34Cl4N4O6S2/c1-3-10-34-24-16-20(30)22(32)18-26(24)36(12-6-14-44(38,39)40)28(34)8-5-9-29-35(11-4-2)25-17-21(31)23(33)19-27(25)37(29)13-7-15-45(41,42)43/h5,8-9,16-19H,3-4,6-7,10-15H2,1-2H3,(H-,38,39,40,41,42,43)/p-1. The molecule has 0 amide bonds. The molecule has 0 saturated carbocycles. The van der Waals surface area contributed by atoms with Crippen molar-refractivity contribution in [3.05, 3.63) is 68.2 Å². The minimum atomic E-state index is -4.41. The summed E-state index contributed by atoms with van der Waals surface area (Å²) in [4.78, 5) is 3.97. The molecule has 0 unspecified atom stereocenters. The highest BCUT2D eigenvalue weighted by Crippen LogP contribution is 2.45. The van der Waals surface area contributed by atoms with E-state index in [2.05, 4.69) is 9.47 Å². The molecule has 0 bridgehead atoms. The summed E-state index contributed by atoms with van der Waals surface area (Å²) in [5.41, 5.74) is 3.07. The number of nitrogens with zero attached hydrogens (tertiary/aromatic N) is 4. The Morgan fingerprint density at radius 3 is 1.84 bits per heavy atom. The number of allylic oxidation sites excluding steroid dienone is 2. The lowest BCUT2D eigenvalue weighted by Crippen LogP contribution is -2.36. The number of halogens is 4. The average Bonchev–Trinajstić information content (AvgIpc) is 3.35. The molecule has 0 N–H and O–H groups in total. The molecule has 4 rings (SSSR count). The zero-order chi connectivity index (χ0) is 33.1. The van der Waals surface area contributed by atoms with E-state index in [1.807, 2.05) is 41.5 Å². The van der Waals surface area contributed by atoms with Gasteiger partial charge in [0.1, 0.15) is 5.82 Å². The summed E-state index contributed by atoms with van der Waals surface area (Å²) in [5, 5.41) is 1.43. The van der Waals surface area contributed by atoms with Crippen LogP contribution in [0.5, 0.6) is 0 Å². The van der Waals surface area contributed by atoms with Gasteiger partial charge in [-0.05, 0) is 43.9 Å². The molecule has 2 heterocycles. The van der Waals surface area contributed by atoms with E-state index in [9.17, 15) is 25.9 Å². The fourth-order valence-electron chi connectivity index (χ4n) is 5.47. The Balaban J connectivity index is 1.83. The maximum absolute atomic E-state index is 11.4. The number of benzene rings is 2. The molecule has 10 nitrogen and oxygen atoms in total. The van der Waals surface area contributed by atoms with E-state index >= 15 is 0 Å². The first kappa shape index (κ1) is 35.8. The van der Waals surface area contributed by atoms with Crippen LogP contribution in [0, 0.1) is 0 Å². The van der Waals surface area contributed by atoms with Gasteiger partial charge in [0.2, 0.25) is 0 Å². The highest BCUT2D eigenvalue weighted by Gasteiger charge is 2.32. The van der Waals surface area contributed by atoms with Gasteiger partial charge in [-0.15, -0.1) is 0 Å². The van der Waals surface area contributed by atoms with E-state index in [0.29, 0.717) is 33.2 Å². The Morgan fingerprint density at radius 1 is 0.756 bits per heavy atom. The summed E-state index contributed by atoms with van der Waals surface area (Å²) in [6, 6.07) is 6.98. The van der Waals surface area contributed by atoms with Crippen molar-refractivity contribution >= 4 is 95.1 Å². The van der Waals surface area contributed by atoms with Crippen LogP contribution in [-0.4, -0.2) is 55.1 Å². The number of imidazole rings is 1. The van der Waals surface area contributed by atoms with Gasteiger partial charge in [0.15, 0.2) is 11.0 Å². The fraction of sp³-hybridized carbons (Fsp3) is 0.414. The zero-order valence-corrected chi connectivity index (χ0v) is 29.3. The summed E-state index contributed by atoms with van der Waals surface area (Å²) in [5.74, 6) is 0.437. The van der Waals surface area contributed by atoms with Crippen LogP contribution in [0.1, 0.15) is 45.4 Å².